The van der Waals surface area contributed by atoms with Crippen LogP contribution in [0, 0.1) is 6.92 Å². The Kier molecular flexibility index (Phi) is 2.44. The summed E-state index contributed by atoms with van der Waals surface area (Å²) >= 11 is 1.90. The first-order chi connectivity index (χ1) is 8.15. The van der Waals surface area contributed by atoms with Gasteiger partial charge in [0.05, 0.1) is 0 Å². The van der Waals surface area contributed by atoms with Gasteiger partial charge in [0.2, 0.25) is 0 Å². The molecule has 0 aliphatic carbocycles. The number of benzene rings is 2. The maximum Gasteiger partial charge on any atom is 0.0423 e. The van der Waals surface area contributed by atoms with Crippen LogP contribution in [0.5, 0.6) is 0 Å². The summed E-state index contributed by atoms with van der Waals surface area (Å²) in [6.45, 7) is 6.67. The molecule has 0 atom stereocenters. The zero-order chi connectivity index (χ0) is 12.0. The van der Waals surface area contributed by atoms with Crippen molar-refractivity contribution in [2.24, 2.45) is 0 Å². The van der Waals surface area contributed by atoms with E-state index in [2.05, 4.69) is 57.2 Å². The summed E-state index contributed by atoms with van der Waals surface area (Å²) in [4.78, 5) is 1.39. The highest BCUT2D eigenvalue weighted by Gasteiger charge is 2.05. The molecule has 0 amide bonds. The van der Waals surface area contributed by atoms with Crippen LogP contribution in [0.3, 0.4) is 0 Å². The van der Waals surface area contributed by atoms with Crippen molar-refractivity contribution in [3.8, 4) is 0 Å². The second-order valence-corrected chi connectivity index (χ2v) is 6.23. The van der Waals surface area contributed by atoms with E-state index in [1.54, 1.807) is 0 Å². The van der Waals surface area contributed by atoms with E-state index in [1.807, 2.05) is 11.3 Å². The molecule has 0 spiro atoms. The summed E-state index contributed by atoms with van der Waals surface area (Å²) in [6.07, 6.45) is 0. The molecule has 3 aromatic rings. The predicted molar refractivity (Wildman–Crippen MR) is 78.2 cm³/mol. The average molecular weight is 240 g/mol. The van der Waals surface area contributed by atoms with E-state index in [4.69, 9.17) is 0 Å². The van der Waals surface area contributed by atoms with Crippen LogP contribution in [0.2, 0.25) is 0 Å². The Hall–Kier alpha value is -1.34. The van der Waals surface area contributed by atoms with E-state index in [1.165, 1.54) is 31.3 Å². The van der Waals surface area contributed by atoms with Gasteiger partial charge in [-0.05, 0) is 40.6 Å². The molecule has 0 radical (unpaired) electrons. The topological polar surface area (TPSA) is 0 Å². The van der Waals surface area contributed by atoms with Gasteiger partial charge in [-0.15, -0.1) is 11.3 Å². The molecule has 3 rings (SSSR count). The van der Waals surface area contributed by atoms with Gasteiger partial charge in [-0.2, -0.15) is 0 Å². The monoisotopic (exact) mass is 240 g/mol. The number of rotatable bonds is 1. The molecule has 1 aromatic heterocycles. The SMILES string of the molecule is Cc1cc2ccc3cc(C(C)C)ccc3c2s1. The lowest BCUT2D eigenvalue weighted by Crippen LogP contribution is -1.86. The fourth-order valence-corrected chi connectivity index (χ4v) is 3.38. The molecule has 2 aromatic carbocycles. The maximum atomic E-state index is 2.33. The van der Waals surface area contributed by atoms with E-state index in [-0.39, 0.29) is 0 Å². The van der Waals surface area contributed by atoms with Gasteiger partial charge >= 0.3 is 0 Å². The van der Waals surface area contributed by atoms with Crippen molar-refractivity contribution >= 4 is 32.2 Å². The molecule has 0 saturated carbocycles. The van der Waals surface area contributed by atoms with Crippen LogP contribution in [0.4, 0.5) is 0 Å². The fourth-order valence-electron chi connectivity index (χ4n) is 2.33. The zero-order valence-corrected chi connectivity index (χ0v) is 11.3. The highest BCUT2D eigenvalue weighted by Crippen LogP contribution is 2.33. The van der Waals surface area contributed by atoms with E-state index in [0.29, 0.717) is 5.92 Å². The third-order valence-corrected chi connectivity index (χ3v) is 4.41. The maximum absolute atomic E-state index is 2.33. The van der Waals surface area contributed by atoms with Gasteiger partial charge in [0, 0.05) is 9.58 Å². The third kappa shape index (κ3) is 1.75. The molecule has 0 nitrogen and oxygen atoms in total. The number of hydrogen-bond donors (Lipinski definition) is 0. The molecule has 1 heterocycles. The number of aryl methyl sites for hydroxylation is 1. The van der Waals surface area contributed by atoms with Gasteiger partial charge in [0.15, 0.2) is 0 Å². The molecule has 86 valence electrons. The van der Waals surface area contributed by atoms with E-state index < -0.39 is 0 Å². The highest BCUT2D eigenvalue weighted by molar-refractivity contribution is 7.20. The molecule has 0 fully saturated rings. The normalized spacial score (nSPS) is 11.8. The molecular weight excluding hydrogens is 224 g/mol. The number of hydrogen-bond acceptors (Lipinski definition) is 1. The van der Waals surface area contributed by atoms with Gasteiger partial charge in [0.25, 0.3) is 0 Å². The van der Waals surface area contributed by atoms with Crippen molar-refractivity contribution < 1.29 is 0 Å². The van der Waals surface area contributed by atoms with Crippen LogP contribution in [-0.4, -0.2) is 0 Å². The molecule has 0 unspecified atom stereocenters. The van der Waals surface area contributed by atoms with Crippen molar-refractivity contribution in [2.75, 3.05) is 0 Å². The lowest BCUT2D eigenvalue weighted by Gasteiger charge is -2.07. The third-order valence-electron chi connectivity index (χ3n) is 3.31. The van der Waals surface area contributed by atoms with Crippen molar-refractivity contribution in [1.82, 2.24) is 0 Å². The summed E-state index contributed by atoms with van der Waals surface area (Å²) in [5.41, 5.74) is 1.42. The van der Waals surface area contributed by atoms with E-state index in [9.17, 15) is 0 Å². The zero-order valence-electron chi connectivity index (χ0n) is 10.4. The first kappa shape index (κ1) is 10.8. The number of fused-ring (bicyclic) bond motifs is 3. The summed E-state index contributed by atoms with van der Waals surface area (Å²) < 4.78 is 1.43. The van der Waals surface area contributed by atoms with Gasteiger partial charge in [-0.1, -0.05) is 44.2 Å². The molecule has 1 heteroatoms. The molecule has 17 heavy (non-hydrogen) atoms. The quantitative estimate of drug-likeness (QED) is 0.528. The Morgan fingerprint density at radius 1 is 0.941 bits per heavy atom. The minimum atomic E-state index is 0.597. The first-order valence-electron chi connectivity index (χ1n) is 6.08. The lowest BCUT2D eigenvalue weighted by molar-refractivity contribution is 0.869. The molecule has 0 aliphatic heterocycles. The molecule has 0 N–H and O–H groups in total. The van der Waals surface area contributed by atoms with Crippen LogP contribution >= 0.6 is 11.3 Å². The van der Waals surface area contributed by atoms with E-state index >= 15 is 0 Å². The van der Waals surface area contributed by atoms with Crippen LogP contribution < -0.4 is 0 Å². The molecule has 0 aliphatic rings. The molecule has 0 bridgehead atoms. The second-order valence-electron chi connectivity index (χ2n) is 4.98. The van der Waals surface area contributed by atoms with Crippen LogP contribution in [0.15, 0.2) is 36.4 Å². The molecular formula is C16H16S. The Labute approximate surface area is 106 Å². The van der Waals surface area contributed by atoms with Crippen molar-refractivity contribution in [3.63, 3.8) is 0 Å². The number of thiophene rings is 1. The summed E-state index contributed by atoms with van der Waals surface area (Å²) in [7, 11) is 0. The Morgan fingerprint density at radius 3 is 2.47 bits per heavy atom. The standard InChI is InChI=1S/C16H16S/c1-10(2)12-6-7-15-13(9-12)4-5-14-8-11(3)17-16(14)15/h4-10H,1-3H3. The summed E-state index contributed by atoms with van der Waals surface area (Å²) in [6, 6.07) is 13.6. The Bertz CT molecular complexity index is 689. The lowest BCUT2D eigenvalue weighted by atomic mass is 9.99. The largest absolute Gasteiger partial charge is 0.140 e. The van der Waals surface area contributed by atoms with E-state index in [0.717, 1.165) is 0 Å². The van der Waals surface area contributed by atoms with Gasteiger partial charge in [-0.25, -0.2) is 0 Å². The highest BCUT2D eigenvalue weighted by atomic mass is 32.1. The van der Waals surface area contributed by atoms with Crippen molar-refractivity contribution in [3.05, 3.63) is 46.8 Å². The first-order valence-corrected chi connectivity index (χ1v) is 6.89. The average Bonchev–Trinajstić information content (AvgIpc) is 2.69. The summed E-state index contributed by atoms with van der Waals surface area (Å²) in [5.74, 6) is 0.597. The van der Waals surface area contributed by atoms with Crippen LogP contribution in [-0.2, 0) is 0 Å². The smallest absolute Gasteiger partial charge is 0.0423 e. The van der Waals surface area contributed by atoms with Crippen molar-refractivity contribution in [2.45, 2.75) is 26.7 Å². The summed E-state index contributed by atoms with van der Waals surface area (Å²) in [5, 5.41) is 4.13. The van der Waals surface area contributed by atoms with Crippen LogP contribution in [0.25, 0.3) is 20.9 Å². The van der Waals surface area contributed by atoms with Gasteiger partial charge < -0.3 is 0 Å². The van der Waals surface area contributed by atoms with Gasteiger partial charge in [0.1, 0.15) is 0 Å². The Balaban J connectivity index is 2.36. The minimum absolute atomic E-state index is 0.597. The molecule has 0 saturated heterocycles. The second kappa shape index (κ2) is 3.85. The Morgan fingerprint density at radius 2 is 1.71 bits per heavy atom. The minimum Gasteiger partial charge on any atom is -0.140 e. The predicted octanol–water partition coefficient (Wildman–Crippen LogP) is 5.49. The van der Waals surface area contributed by atoms with Crippen molar-refractivity contribution in [1.29, 1.82) is 0 Å². The van der Waals surface area contributed by atoms with Gasteiger partial charge in [-0.3, -0.25) is 0 Å². The fraction of sp³-hybridized carbons (Fsp3) is 0.250. The van der Waals surface area contributed by atoms with Crippen LogP contribution in [0.1, 0.15) is 30.2 Å².